The topological polar surface area (TPSA) is 63.4 Å². The molecule has 0 unspecified atom stereocenters. The minimum Gasteiger partial charge on any atom is -0.374 e. The van der Waals surface area contributed by atoms with Crippen LogP contribution in [0.4, 0.5) is 0 Å². The summed E-state index contributed by atoms with van der Waals surface area (Å²) in [6, 6.07) is 24.5. The van der Waals surface area contributed by atoms with Crippen LogP contribution in [0.3, 0.4) is 0 Å². The number of aliphatic hydroxyl groups is 1. The van der Waals surface area contributed by atoms with Gasteiger partial charge in [-0.05, 0) is 46.4 Å². The molecule has 0 saturated heterocycles. The summed E-state index contributed by atoms with van der Waals surface area (Å²) in [6.45, 7) is 1.99. The monoisotopic (exact) mass is 419 g/mol. The molecule has 5 heteroatoms. The molecular weight excluding hydrogens is 398 g/mol. The van der Waals surface area contributed by atoms with Crippen LogP contribution in [0.2, 0.25) is 5.02 Å². The lowest BCUT2D eigenvalue weighted by Gasteiger charge is -2.42. The minimum atomic E-state index is -1.76. The number of nitrogens with zero attached hydrogens (tertiary/aromatic N) is 1. The molecule has 0 fully saturated rings. The molecule has 30 heavy (non-hydrogen) atoms. The second-order valence-electron chi connectivity index (χ2n) is 7.75. The lowest BCUT2D eigenvalue weighted by atomic mass is 9.64. The number of hydrogen-bond donors (Lipinski definition) is 1. The fourth-order valence-electron chi connectivity index (χ4n) is 4.58. The second kappa shape index (κ2) is 8.05. The molecule has 0 aromatic heterocycles. The lowest BCUT2D eigenvalue weighted by Crippen LogP contribution is -2.51. The quantitative estimate of drug-likeness (QED) is 0.436. The third-order valence-electron chi connectivity index (χ3n) is 6.02. The molecule has 0 bridgehead atoms. The van der Waals surface area contributed by atoms with E-state index in [9.17, 15) is 15.2 Å². The zero-order valence-electron chi connectivity index (χ0n) is 16.5. The summed E-state index contributed by atoms with van der Waals surface area (Å²) in [6.07, 6.45) is 1.67. The number of benzene rings is 3. The van der Waals surface area contributed by atoms with Gasteiger partial charge in [-0.15, -0.1) is 0 Å². The van der Waals surface area contributed by atoms with Crippen molar-refractivity contribution >= 4 is 17.2 Å². The van der Waals surface area contributed by atoms with Gasteiger partial charge in [-0.2, -0.15) is 0 Å². The Morgan fingerprint density at radius 2 is 1.50 bits per heavy atom. The number of halogens is 1. The summed E-state index contributed by atoms with van der Waals surface area (Å²) >= 11 is 6.07. The van der Waals surface area contributed by atoms with Crippen molar-refractivity contribution in [3.8, 4) is 0 Å². The summed E-state index contributed by atoms with van der Waals surface area (Å²) in [7, 11) is 0. The first-order valence-electron chi connectivity index (χ1n) is 9.87. The predicted molar refractivity (Wildman–Crippen MR) is 119 cm³/mol. The lowest BCUT2D eigenvalue weighted by molar-refractivity contribution is -0.550. The van der Waals surface area contributed by atoms with Crippen molar-refractivity contribution in [1.82, 2.24) is 0 Å². The van der Waals surface area contributed by atoms with E-state index in [1.165, 1.54) is 0 Å². The van der Waals surface area contributed by atoms with Crippen LogP contribution in [0.15, 0.2) is 91.0 Å². The largest absolute Gasteiger partial charge is 0.374 e. The molecule has 0 spiro atoms. The van der Waals surface area contributed by atoms with E-state index in [4.69, 9.17) is 11.6 Å². The molecule has 4 nitrogen and oxygen atoms in total. The molecule has 1 aliphatic carbocycles. The van der Waals surface area contributed by atoms with E-state index in [1.807, 2.05) is 55.5 Å². The van der Waals surface area contributed by atoms with Crippen LogP contribution < -0.4 is 0 Å². The SMILES string of the molecule is C[C@H]1C(c2ccc(Cl)cc2)=C[C@@](O)(c2ccccc2)[C@H]([N+](=O)[O-])[C@H]1c1ccccc1. The minimum absolute atomic E-state index is 0.187. The Kier molecular flexibility index (Phi) is 5.46. The third kappa shape index (κ3) is 3.53. The van der Waals surface area contributed by atoms with Gasteiger partial charge in [0.2, 0.25) is 0 Å². The molecule has 0 saturated carbocycles. The van der Waals surface area contributed by atoms with E-state index in [2.05, 4.69) is 0 Å². The summed E-state index contributed by atoms with van der Waals surface area (Å²) < 4.78 is 0. The molecule has 4 atom stereocenters. The number of rotatable bonds is 4. The average Bonchev–Trinajstić information content (AvgIpc) is 2.76. The highest BCUT2D eigenvalue weighted by Crippen LogP contribution is 2.50. The molecular formula is C25H22ClNO3. The van der Waals surface area contributed by atoms with Gasteiger partial charge in [0.05, 0.1) is 5.92 Å². The summed E-state index contributed by atoms with van der Waals surface area (Å²) in [5.74, 6) is -0.699. The fraction of sp³-hybridized carbons (Fsp3) is 0.200. The van der Waals surface area contributed by atoms with Crippen LogP contribution in [0.5, 0.6) is 0 Å². The Labute approximate surface area is 180 Å². The zero-order valence-corrected chi connectivity index (χ0v) is 17.2. The van der Waals surface area contributed by atoms with Gasteiger partial charge < -0.3 is 5.11 Å². The first-order chi connectivity index (χ1) is 14.4. The zero-order chi connectivity index (χ0) is 21.3. The number of nitro groups is 1. The molecule has 3 aromatic rings. The van der Waals surface area contributed by atoms with E-state index >= 15 is 0 Å². The van der Waals surface area contributed by atoms with Gasteiger partial charge in [0, 0.05) is 9.95 Å². The van der Waals surface area contributed by atoms with Gasteiger partial charge in [-0.25, -0.2) is 0 Å². The van der Waals surface area contributed by atoms with Crippen LogP contribution in [0, 0.1) is 16.0 Å². The fourth-order valence-corrected chi connectivity index (χ4v) is 4.71. The average molecular weight is 420 g/mol. The Balaban J connectivity index is 1.98. The highest BCUT2D eigenvalue weighted by molar-refractivity contribution is 6.30. The van der Waals surface area contributed by atoms with Gasteiger partial charge in [-0.1, -0.05) is 91.3 Å². The van der Waals surface area contributed by atoms with Crippen LogP contribution in [0.1, 0.15) is 29.5 Å². The highest BCUT2D eigenvalue weighted by Gasteiger charge is 2.56. The normalized spacial score (nSPS) is 26.1. The first kappa shape index (κ1) is 20.3. The molecule has 0 amide bonds. The van der Waals surface area contributed by atoms with E-state index < -0.39 is 17.6 Å². The van der Waals surface area contributed by atoms with E-state index in [0.717, 1.165) is 16.7 Å². The maximum absolute atomic E-state index is 12.4. The van der Waals surface area contributed by atoms with E-state index in [1.54, 1.807) is 42.5 Å². The van der Waals surface area contributed by atoms with E-state index in [-0.39, 0.29) is 10.8 Å². The third-order valence-corrected chi connectivity index (χ3v) is 6.27. The second-order valence-corrected chi connectivity index (χ2v) is 8.19. The van der Waals surface area contributed by atoms with Crippen molar-refractivity contribution in [2.75, 3.05) is 0 Å². The molecule has 0 radical (unpaired) electrons. The number of hydrogen-bond acceptors (Lipinski definition) is 3. The molecule has 3 aromatic carbocycles. The van der Waals surface area contributed by atoms with Crippen molar-refractivity contribution < 1.29 is 10.0 Å². The van der Waals surface area contributed by atoms with Gasteiger partial charge in [0.15, 0.2) is 5.60 Å². The highest BCUT2D eigenvalue weighted by atomic mass is 35.5. The molecule has 1 aliphatic rings. The predicted octanol–water partition coefficient (Wildman–Crippen LogP) is 5.69. The summed E-state index contributed by atoms with van der Waals surface area (Å²) in [4.78, 5) is 12.0. The van der Waals surface area contributed by atoms with Crippen LogP contribution >= 0.6 is 11.6 Å². The summed E-state index contributed by atoms with van der Waals surface area (Å²) in [5, 5.41) is 24.8. The summed E-state index contributed by atoms with van der Waals surface area (Å²) in [5.41, 5.74) is 1.34. The Morgan fingerprint density at radius 3 is 2.07 bits per heavy atom. The Bertz CT molecular complexity index is 1070. The molecule has 4 rings (SSSR count). The number of allylic oxidation sites excluding steroid dienone is 1. The standard InChI is InChI=1S/C25H22ClNO3/c1-17-22(18-12-14-21(26)15-13-18)16-25(28,20-10-6-3-7-11-20)24(27(29)30)23(17)19-8-4-2-5-9-19/h2-17,23-24,28H,1H3/t17-,23+,24+,25+/m0/s1. The van der Waals surface area contributed by atoms with Crippen molar-refractivity contribution in [3.63, 3.8) is 0 Å². The van der Waals surface area contributed by atoms with Crippen LogP contribution in [-0.4, -0.2) is 16.1 Å². The van der Waals surface area contributed by atoms with Crippen molar-refractivity contribution in [2.45, 2.75) is 24.5 Å². The van der Waals surface area contributed by atoms with Gasteiger partial charge in [0.25, 0.3) is 6.04 Å². The van der Waals surface area contributed by atoms with Gasteiger partial charge >= 0.3 is 0 Å². The van der Waals surface area contributed by atoms with Crippen LogP contribution in [0.25, 0.3) is 5.57 Å². The first-order valence-corrected chi connectivity index (χ1v) is 10.2. The molecule has 152 valence electrons. The smallest absolute Gasteiger partial charge is 0.256 e. The van der Waals surface area contributed by atoms with Crippen molar-refractivity contribution in [1.29, 1.82) is 0 Å². The van der Waals surface area contributed by atoms with Crippen molar-refractivity contribution in [2.24, 2.45) is 5.92 Å². The van der Waals surface area contributed by atoms with Gasteiger partial charge in [0.1, 0.15) is 0 Å². The Hall–Kier alpha value is -2.95. The Morgan fingerprint density at radius 1 is 0.933 bits per heavy atom. The molecule has 1 N–H and O–H groups in total. The maximum atomic E-state index is 12.4. The maximum Gasteiger partial charge on any atom is 0.256 e. The molecule has 0 aliphatic heterocycles. The van der Waals surface area contributed by atoms with Crippen molar-refractivity contribution in [3.05, 3.63) is 123 Å². The van der Waals surface area contributed by atoms with E-state index in [0.29, 0.717) is 10.6 Å². The van der Waals surface area contributed by atoms with Crippen LogP contribution in [-0.2, 0) is 5.60 Å². The van der Waals surface area contributed by atoms with Gasteiger partial charge in [-0.3, -0.25) is 10.1 Å². The molecule has 0 heterocycles.